The molecule has 1 heterocycles. The molecule has 0 radical (unpaired) electrons. The van der Waals surface area contributed by atoms with Crippen LogP contribution in [-0.2, 0) is 0 Å². The van der Waals surface area contributed by atoms with Gasteiger partial charge in [0.1, 0.15) is 0 Å². The van der Waals surface area contributed by atoms with Gasteiger partial charge in [-0.05, 0) is 32.4 Å². The molecule has 4 nitrogen and oxygen atoms in total. The molecule has 0 bridgehead atoms. The normalized spacial score (nSPS) is 12.7. The Bertz CT molecular complexity index is 540. The third kappa shape index (κ3) is 2.76. The summed E-state index contributed by atoms with van der Waals surface area (Å²) in [5.41, 5.74) is 2.74. The zero-order valence-corrected chi connectivity index (χ0v) is 11.1. The minimum absolute atomic E-state index is 0.291. The lowest BCUT2D eigenvalue weighted by Crippen LogP contribution is -2.24. The van der Waals surface area contributed by atoms with E-state index in [2.05, 4.69) is 9.97 Å². The Balaban J connectivity index is 2.29. The first-order valence-electron chi connectivity index (χ1n) is 6.20. The maximum Gasteiger partial charge on any atom is 0.150 e. The summed E-state index contributed by atoms with van der Waals surface area (Å²) in [6.07, 6.45) is 0.436. The van der Waals surface area contributed by atoms with Crippen molar-refractivity contribution in [3.63, 3.8) is 0 Å². The van der Waals surface area contributed by atoms with Crippen molar-refractivity contribution in [1.82, 2.24) is 9.97 Å². The molecule has 0 saturated carbocycles. The van der Waals surface area contributed by atoms with E-state index in [4.69, 9.17) is 0 Å². The molecular weight excluding hydrogens is 226 g/mol. The van der Waals surface area contributed by atoms with Crippen LogP contribution in [0.4, 0.5) is 5.82 Å². The van der Waals surface area contributed by atoms with Gasteiger partial charge in [-0.3, -0.25) is 0 Å². The summed E-state index contributed by atoms with van der Waals surface area (Å²) in [6, 6.07) is 7.86. The number of benzene rings is 1. The first-order valence-corrected chi connectivity index (χ1v) is 6.20. The minimum atomic E-state index is -0.291. The molecule has 2 aromatic rings. The molecule has 0 fully saturated rings. The van der Waals surface area contributed by atoms with Crippen LogP contribution in [0, 0.1) is 6.92 Å². The van der Waals surface area contributed by atoms with Crippen molar-refractivity contribution in [1.29, 1.82) is 0 Å². The summed E-state index contributed by atoms with van der Waals surface area (Å²) in [7, 11) is 1.98. The molecule has 1 aromatic heterocycles. The van der Waals surface area contributed by atoms with Crippen LogP contribution in [0.1, 0.15) is 19.0 Å². The highest BCUT2D eigenvalue weighted by Crippen LogP contribution is 2.19. The number of aryl methyl sites for hydroxylation is 1. The second-order valence-electron chi connectivity index (χ2n) is 4.68. The van der Waals surface area contributed by atoms with Crippen molar-refractivity contribution in [2.24, 2.45) is 0 Å². The molecule has 1 atom stereocenters. The number of para-hydroxylation sites is 2. The van der Waals surface area contributed by atoms with Crippen LogP contribution in [0.15, 0.2) is 24.3 Å². The van der Waals surface area contributed by atoms with E-state index in [1.807, 2.05) is 43.1 Å². The van der Waals surface area contributed by atoms with Crippen molar-refractivity contribution in [2.75, 3.05) is 18.5 Å². The van der Waals surface area contributed by atoms with E-state index in [1.54, 1.807) is 6.92 Å². The van der Waals surface area contributed by atoms with Gasteiger partial charge in [0.15, 0.2) is 5.82 Å². The summed E-state index contributed by atoms with van der Waals surface area (Å²) in [6.45, 7) is 4.53. The van der Waals surface area contributed by atoms with Gasteiger partial charge in [0.2, 0.25) is 0 Å². The topological polar surface area (TPSA) is 49.2 Å². The highest BCUT2D eigenvalue weighted by Gasteiger charge is 2.10. The van der Waals surface area contributed by atoms with Crippen LogP contribution >= 0.6 is 0 Å². The summed E-state index contributed by atoms with van der Waals surface area (Å²) in [5.74, 6) is 0.884. The predicted molar refractivity (Wildman–Crippen MR) is 73.8 cm³/mol. The van der Waals surface area contributed by atoms with Gasteiger partial charge < -0.3 is 10.0 Å². The minimum Gasteiger partial charge on any atom is -0.393 e. The number of aliphatic hydroxyl groups excluding tert-OH is 1. The number of aliphatic hydroxyl groups is 1. The standard InChI is InChI=1S/C14H19N3O/c1-10(18)8-9-17(3)14-11(2)15-12-6-4-5-7-13(12)16-14/h4-7,10,18H,8-9H2,1-3H3. The molecule has 1 N–H and O–H groups in total. The highest BCUT2D eigenvalue weighted by molar-refractivity contribution is 5.76. The maximum absolute atomic E-state index is 9.33. The summed E-state index contributed by atoms with van der Waals surface area (Å²) in [4.78, 5) is 11.2. The van der Waals surface area contributed by atoms with Crippen molar-refractivity contribution in [3.05, 3.63) is 30.0 Å². The Kier molecular flexibility index (Phi) is 3.77. The molecule has 0 aliphatic rings. The fraction of sp³-hybridized carbons (Fsp3) is 0.429. The largest absolute Gasteiger partial charge is 0.393 e. The number of hydrogen-bond acceptors (Lipinski definition) is 4. The Morgan fingerprint density at radius 1 is 1.22 bits per heavy atom. The summed E-state index contributed by atoms with van der Waals surface area (Å²) >= 11 is 0. The van der Waals surface area contributed by atoms with Gasteiger partial charge in [-0.1, -0.05) is 12.1 Å². The monoisotopic (exact) mass is 245 g/mol. The predicted octanol–water partition coefficient (Wildman–Crippen LogP) is 2.15. The lowest BCUT2D eigenvalue weighted by molar-refractivity contribution is 0.187. The lowest BCUT2D eigenvalue weighted by Gasteiger charge is -2.20. The van der Waals surface area contributed by atoms with E-state index < -0.39 is 0 Å². The van der Waals surface area contributed by atoms with Gasteiger partial charge in [0, 0.05) is 13.6 Å². The average Bonchev–Trinajstić information content (AvgIpc) is 2.35. The van der Waals surface area contributed by atoms with Crippen LogP contribution in [0.25, 0.3) is 11.0 Å². The van der Waals surface area contributed by atoms with Crippen LogP contribution in [0.2, 0.25) is 0 Å². The first kappa shape index (κ1) is 12.8. The van der Waals surface area contributed by atoms with E-state index >= 15 is 0 Å². The first-order chi connectivity index (χ1) is 8.58. The Hall–Kier alpha value is -1.68. The third-order valence-electron chi connectivity index (χ3n) is 2.96. The number of rotatable bonds is 4. The van der Waals surface area contributed by atoms with Crippen LogP contribution in [0.3, 0.4) is 0 Å². The highest BCUT2D eigenvalue weighted by atomic mass is 16.3. The molecule has 18 heavy (non-hydrogen) atoms. The third-order valence-corrected chi connectivity index (χ3v) is 2.96. The smallest absolute Gasteiger partial charge is 0.150 e. The second kappa shape index (κ2) is 5.31. The Morgan fingerprint density at radius 2 is 1.83 bits per heavy atom. The van der Waals surface area contributed by atoms with Gasteiger partial charge in [-0.15, -0.1) is 0 Å². The van der Waals surface area contributed by atoms with Crippen LogP contribution < -0.4 is 4.90 Å². The Morgan fingerprint density at radius 3 is 2.44 bits per heavy atom. The summed E-state index contributed by atoms with van der Waals surface area (Å²) in [5, 5.41) is 9.33. The fourth-order valence-electron chi connectivity index (χ4n) is 1.93. The number of anilines is 1. The van der Waals surface area contributed by atoms with Gasteiger partial charge in [0.25, 0.3) is 0 Å². The molecule has 0 saturated heterocycles. The molecule has 1 aromatic carbocycles. The van der Waals surface area contributed by atoms with E-state index in [-0.39, 0.29) is 6.10 Å². The SMILES string of the molecule is Cc1nc2ccccc2nc1N(C)CCC(C)O. The van der Waals surface area contributed by atoms with Crippen molar-refractivity contribution in [3.8, 4) is 0 Å². The van der Waals surface area contributed by atoms with E-state index in [0.29, 0.717) is 0 Å². The molecule has 0 aliphatic heterocycles. The molecule has 0 spiro atoms. The lowest BCUT2D eigenvalue weighted by atomic mass is 10.2. The second-order valence-corrected chi connectivity index (χ2v) is 4.68. The number of aromatic nitrogens is 2. The molecule has 0 aliphatic carbocycles. The van der Waals surface area contributed by atoms with Crippen molar-refractivity contribution < 1.29 is 5.11 Å². The number of nitrogens with zero attached hydrogens (tertiary/aromatic N) is 3. The van der Waals surface area contributed by atoms with Crippen LogP contribution in [-0.4, -0.2) is 34.8 Å². The summed E-state index contributed by atoms with van der Waals surface area (Å²) < 4.78 is 0. The number of fused-ring (bicyclic) bond motifs is 1. The van der Waals surface area contributed by atoms with Crippen molar-refractivity contribution in [2.45, 2.75) is 26.4 Å². The Labute approximate surface area is 107 Å². The molecule has 96 valence electrons. The molecular formula is C14H19N3O. The van der Waals surface area contributed by atoms with E-state index in [1.165, 1.54) is 0 Å². The van der Waals surface area contributed by atoms with E-state index in [9.17, 15) is 5.11 Å². The van der Waals surface area contributed by atoms with Gasteiger partial charge in [-0.25, -0.2) is 9.97 Å². The quantitative estimate of drug-likeness (QED) is 0.896. The average molecular weight is 245 g/mol. The fourth-order valence-corrected chi connectivity index (χ4v) is 1.93. The molecule has 4 heteroatoms. The molecule has 1 unspecified atom stereocenters. The van der Waals surface area contributed by atoms with E-state index in [0.717, 1.165) is 35.5 Å². The van der Waals surface area contributed by atoms with Gasteiger partial charge in [-0.2, -0.15) is 0 Å². The van der Waals surface area contributed by atoms with Gasteiger partial charge in [0.05, 0.1) is 22.8 Å². The maximum atomic E-state index is 9.33. The number of hydrogen-bond donors (Lipinski definition) is 1. The van der Waals surface area contributed by atoms with Crippen LogP contribution in [0.5, 0.6) is 0 Å². The van der Waals surface area contributed by atoms with Gasteiger partial charge >= 0.3 is 0 Å². The van der Waals surface area contributed by atoms with Crippen molar-refractivity contribution >= 4 is 16.9 Å². The molecule has 2 rings (SSSR count). The molecule has 0 amide bonds. The zero-order chi connectivity index (χ0) is 13.1. The zero-order valence-electron chi connectivity index (χ0n) is 11.1.